The number of nitrogens with zero attached hydrogens (tertiary/aromatic N) is 4. The van der Waals surface area contributed by atoms with Crippen LogP contribution in [0.2, 0.25) is 0 Å². The fourth-order valence-corrected chi connectivity index (χ4v) is 3.89. The largest absolute Gasteiger partial charge is 0.463 e. The van der Waals surface area contributed by atoms with E-state index in [1.54, 1.807) is 18.5 Å². The second-order valence-electron chi connectivity index (χ2n) is 6.92. The van der Waals surface area contributed by atoms with E-state index >= 15 is 0 Å². The molecule has 6 heteroatoms. The molecule has 1 aromatic carbocycles. The van der Waals surface area contributed by atoms with E-state index < -0.39 is 0 Å². The Bertz CT molecular complexity index is 978. The predicted molar refractivity (Wildman–Crippen MR) is 107 cm³/mol. The van der Waals surface area contributed by atoms with E-state index in [2.05, 4.69) is 20.9 Å². The molecule has 3 aromatic rings. The van der Waals surface area contributed by atoms with Crippen LogP contribution in [0.15, 0.2) is 73.3 Å². The molecule has 1 aliphatic rings. The van der Waals surface area contributed by atoms with Gasteiger partial charge >= 0.3 is 5.97 Å². The van der Waals surface area contributed by atoms with E-state index in [0.717, 1.165) is 16.7 Å². The quantitative estimate of drug-likeness (QED) is 0.629. The summed E-state index contributed by atoms with van der Waals surface area (Å²) in [5.74, 6) is -0.356. The maximum Gasteiger partial charge on any atom is 0.320 e. The third-order valence-electron chi connectivity index (χ3n) is 5.13. The maximum absolute atomic E-state index is 12.1. The second kappa shape index (κ2) is 8.63. The monoisotopic (exact) mass is 384 g/mol. The number of hydrogen-bond acceptors (Lipinski definition) is 6. The minimum Gasteiger partial charge on any atom is -0.463 e. The molecule has 1 aliphatic heterocycles. The van der Waals surface area contributed by atoms with Crippen LogP contribution in [0.3, 0.4) is 0 Å². The van der Waals surface area contributed by atoms with Gasteiger partial charge in [0.15, 0.2) is 0 Å². The first-order valence-corrected chi connectivity index (χ1v) is 9.46. The van der Waals surface area contributed by atoms with Crippen molar-refractivity contribution in [2.75, 3.05) is 19.7 Å². The molecule has 0 aliphatic carbocycles. The van der Waals surface area contributed by atoms with Crippen LogP contribution in [-0.2, 0) is 9.53 Å². The van der Waals surface area contributed by atoms with Crippen LogP contribution in [0.4, 0.5) is 0 Å². The van der Waals surface area contributed by atoms with Gasteiger partial charge in [-0.25, -0.2) is 0 Å². The van der Waals surface area contributed by atoms with E-state index in [4.69, 9.17) is 4.74 Å². The van der Waals surface area contributed by atoms with Gasteiger partial charge in [-0.05, 0) is 41.0 Å². The number of ether oxygens (including phenoxy) is 1. The van der Waals surface area contributed by atoms with Crippen LogP contribution < -0.4 is 0 Å². The summed E-state index contributed by atoms with van der Waals surface area (Å²) in [6.07, 6.45) is 7.18. The number of cyclic esters (lactones) is 1. The normalized spacial score (nSPS) is 15.5. The van der Waals surface area contributed by atoms with Gasteiger partial charge in [-0.1, -0.05) is 24.3 Å². The summed E-state index contributed by atoms with van der Waals surface area (Å²) in [6.45, 7) is 1.16. The fraction of sp³-hybridized carbons (Fsp3) is 0.217. The smallest absolute Gasteiger partial charge is 0.320 e. The average molecular weight is 384 g/mol. The lowest BCUT2D eigenvalue weighted by molar-refractivity contribution is -0.152. The molecule has 0 spiro atoms. The molecule has 6 nitrogen and oxygen atoms in total. The molecular formula is C23H20N4O2. The lowest BCUT2D eigenvalue weighted by Crippen LogP contribution is -2.44. The number of pyridine rings is 2. The van der Waals surface area contributed by atoms with Gasteiger partial charge < -0.3 is 4.74 Å². The fourth-order valence-electron chi connectivity index (χ4n) is 3.89. The van der Waals surface area contributed by atoms with Crippen LogP contribution in [0.25, 0.3) is 0 Å². The standard InChI is InChI=1S/C23H20N4O2/c24-13-17-4-1-5-18(12-17)23(27-10-11-29-21(28)16-27)22(19-6-2-8-25-14-19)20-7-3-9-26-15-20/h1-9,12,14-15,22-23H,10-11,16H2. The van der Waals surface area contributed by atoms with Crippen LogP contribution in [0.5, 0.6) is 0 Å². The molecule has 144 valence electrons. The van der Waals surface area contributed by atoms with Gasteiger partial charge in [0.25, 0.3) is 0 Å². The summed E-state index contributed by atoms with van der Waals surface area (Å²) >= 11 is 0. The first-order chi connectivity index (χ1) is 14.3. The SMILES string of the molecule is N#Cc1cccc(C(C(c2cccnc2)c2cccnc2)N2CCOC(=O)C2)c1. The number of morpholine rings is 1. The molecule has 0 saturated carbocycles. The number of carbonyl (C=O) groups excluding carboxylic acids is 1. The number of aromatic nitrogens is 2. The Morgan fingerprint density at radius 2 is 1.69 bits per heavy atom. The lowest BCUT2D eigenvalue weighted by atomic mass is 9.81. The molecule has 0 N–H and O–H groups in total. The molecular weight excluding hydrogens is 364 g/mol. The van der Waals surface area contributed by atoms with E-state index in [9.17, 15) is 10.1 Å². The number of hydrogen-bond donors (Lipinski definition) is 0. The number of benzene rings is 1. The highest BCUT2D eigenvalue weighted by Crippen LogP contribution is 2.41. The van der Waals surface area contributed by atoms with E-state index in [0.29, 0.717) is 18.7 Å². The average Bonchev–Trinajstić information content (AvgIpc) is 2.78. The van der Waals surface area contributed by atoms with Crippen LogP contribution in [-0.4, -0.2) is 40.5 Å². The molecule has 0 radical (unpaired) electrons. The highest BCUT2D eigenvalue weighted by Gasteiger charge is 2.35. The van der Waals surface area contributed by atoms with Gasteiger partial charge in [-0.2, -0.15) is 5.26 Å². The third-order valence-corrected chi connectivity index (χ3v) is 5.13. The summed E-state index contributed by atoms with van der Waals surface area (Å²) in [4.78, 5) is 22.8. The first kappa shape index (κ1) is 18.8. The van der Waals surface area contributed by atoms with Crippen molar-refractivity contribution in [3.8, 4) is 6.07 Å². The summed E-state index contributed by atoms with van der Waals surface area (Å²) in [7, 11) is 0. The van der Waals surface area contributed by atoms with Gasteiger partial charge in [0, 0.05) is 43.3 Å². The Balaban J connectivity index is 1.88. The maximum atomic E-state index is 12.1. The molecule has 29 heavy (non-hydrogen) atoms. The number of carbonyl (C=O) groups is 1. The van der Waals surface area contributed by atoms with Crippen LogP contribution in [0.1, 0.15) is 34.2 Å². The highest BCUT2D eigenvalue weighted by molar-refractivity contribution is 5.72. The zero-order valence-corrected chi connectivity index (χ0v) is 15.8. The Morgan fingerprint density at radius 1 is 1.00 bits per heavy atom. The minimum atomic E-state index is -0.242. The van der Waals surface area contributed by atoms with Gasteiger partial charge in [-0.15, -0.1) is 0 Å². The molecule has 1 fully saturated rings. The zero-order valence-electron chi connectivity index (χ0n) is 15.8. The number of esters is 1. The summed E-state index contributed by atoms with van der Waals surface area (Å²) in [5.41, 5.74) is 3.60. The molecule has 1 atom stereocenters. The van der Waals surface area contributed by atoms with Crippen LogP contribution >= 0.6 is 0 Å². The van der Waals surface area contributed by atoms with Gasteiger partial charge in [-0.3, -0.25) is 19.7 Å². The Labute approximate surface area is 169 Å². The molecule has 4 rings (SSSR count). The van der Waals surface area contributed by atoms with Gasteiger partial charge in [0.2, 0.25) is 0 Å². The summed E-state index contributed by atoms with van der Waals surface area (Å²) < 4.78 is 5.17. The molecule has 2 aromatic heterocycles. The van der Waals surface area contributed by atoms with Crippen LogP contribution in [0, 0.1) is 11.3 Å². The Kier molecular flexibility index (Phi) is 5.59. The predicted octanol–water partition coefficient (Wildman–Crippen LogP) is 3.08. The summed E-state index contributed by atoms with van der Waals surface area (Å²) in [6, 6.07) is 17.5. The topological polar surface area (TPSA) is 79.1 Å². The first-order valence-electron chi connectivity index (χ1n) is 9.46. The number of nitriles is 1. The van der Waals surface area contributed by atoms with Crippen molar-refractivity contribution in [2.45, 2.75) is 12.0 Å². The van der Waals surface area contributed by atoms with E-state index in [-0.39, 0.29) is 24.5 Å². The molecule has 0 bridgehead atoms. The molecule has 1 unspecified atom stereocenters. The van der Waals surface area contributed by atoms with Gasteiger partial charge in [0.05, 0.1) is 18.2 Å². The van der Waals surface area contributed by atoms with Crippen molar-refractivity contribution in [1.29, 1.82) is 5.26 Å². The number of rotatable bonds is 5. The third kappa shape index (κ3) is 4.15. The van der Waals surface area contributed by atoms with Crippen molar-refractivity contribution >= 4 is 5.97 Å². The van der Waals surface area contributed by atoms with Crippen molar-refractivity contribution < 1.29 is 9.53 Å². The Hall–Kier alpha value is -3.56. The second-order valence-corrected chi connectivity index (χ2v) is 6.92. The van der Waals surface area contributed by atoms with Crippen molar-refractivity contribution in [2.24, 2.45) is 0 Å². The highest BCUT2D eigenvalue weighted by atomic mass is 16.5. The Morgan fingerprint density at radius 3 is 2.28 bits per heavy atom. The molecule has 3 heterocycles. The molecule has 1 saturated heterocycles. The minimum absolute atomic E-state index is 0.114. The van der Waals surface area contributed by atoms with Gasteiger partial charge in [0.1, 0.15) is 6.61 Å². The zero-order chi connectivity index (χ0) is 20.1. The van der Waals surface area contributed by atoms with Crippen molar-refractivity contribution in [3.05, 3.63) is 95.6 Å². The van der Waals surface area contributed by atoms with E-state index in [1.165, 1.54) is 0 Å². The van der Waals surface area contributed by atoms with Crippen molar-refractivity contribution in [3.63, 3.8) is 0 Å². The molecule has 0 amide bonds. The van der Waals surface area contributed by atoms with Crippen molar-refractivity contribution in [1.82, 2.24) is 14.9 Å². The van der Waals surface area contributed by atoms with E-state index in [1.807, 2.05) is 54.9 Å². The summed E-state index contributed by atoms with van der Waals surface area (Å²) in [5, 5.41) is 9.41. The lowest BCUT2D eigenvalue weighted by Gasteiger charge is -2.39.